The lowest BCUT2D eigenvalue weighted by atomic mass is 9.33. The van der Waals surface area contributed by atoms with Crippen molar-refractivity contribution < 1.29 is 19.4 Å². The second kappa shape index (κ2) is 8.09. The van der Waals surface area contributed by atoms with Crippen molar-refractivity contribution in [3.63, 3.8) is 0 Å². The highest BCUT2D eigenvalue weighted by atomic mass is 16.5. The van der Waals surface area contributed by atoms with Gasteiger partial charge in [0.05, 0.1) is 0 Å². The van der Waals surface area contributed by atoms with Crippen LogP contribution in [0.2, 0.25) is 0 Å². The van der Waals surface area contributed by atoms with E-state index in [4.69, 9.17) is 4.74 Å². The van der Waals surface area contributed by atoms with Gasteiger partial charge in [0.15, 0.2) is 0 Å². The molecule has 5 aliphatic carbocycles. The monoisotopic (exact) mass is 498 g/mol. The number of fused-ring (bicyclic) bond motifs is 7. The minimum atomic E-state index is -1.04. The van der Waals surface area contributed by atoms with Crippen LogP contribution >= 0.6 is 0 Å². The average molecular weight is 499 g/mol. The molecule has 0 saturated heterocycles. The number of carbonyl (C=O) groups excluding carboxylic acids is 1. The third-order valence-corrected chi connectivity index (χ3v) is 13.8. The average Bonchev–Trinajstić information content (AvgIpc) is 2.79. The van der Waals surface area contributed by atoms with Gasteiger partial charge in [-0.15, -0.1) is 0 Å². The first-order chi connectivity index (χ1) is 16.6. The first kappa shape index (κ1) is 26.3. The maximum Gasteiger partial charge on any atom is 0.313 e. The van der Waals surface area contributed by atoms with Gasteiger partial charge in [-0.25, -0.2) is 0 Å². The Morgan fingerprint density at radius 2 is 1.61 bits per heavy atom. The molecule has 0 aromatic rings. The Morgan fingerprint density at radius 1 is 0.917 bits per heavy atom. The number of carboxylic acid groups (broad SMARTS) is 1. The zero-order valence-electron chi connectivity index (χ0n) is 24.1. The van der Waals surface area contributed by atoms with E-state index in [9.17, 15) is 14.7 Å². The van der Waals surface area contributed by atoms with E-state index < -0.39 is 17.5 Å². The quantitative estimate of drug-likeness (QED) is 0.313. The second-order valence-corrected chi connectivity index (χ2v) is 15.0. The highest BCUT2D eigenvalue weighted by molar-refractivity contribution is 5.77. The molecule has 4 fully saturated rings. The van der Waals surface area contributed by atoms with Crippen LogP contribution in [0, 0.1) is 56.7 Å². The van der Waals surface area contributed by atoms with Gasteiger partial charge in [-0.3, -0.25) is 9.59 Å². The number of esters is 1. The zero-order chi connectivity index (χ0) is 26.5. The Kier molecular flexibility index (Phi) is 5.91. The van der Waals surface area contributed by atoms with Crippen molar-refractivity contribution in [3.05, 3.63) is 11.6 Å². The van der Waals surface area contributed by atoms with Crippen LogP contribution < -0.4 is 0 Å². The van der Waals surface area contributed by atoms with E-state index in [0.717, 1.165) is 37.5 Å². The number of rotatable bonds is 2. The number of carbonyl (C=O) groups is 2. The van der Waals surface area contributed by atoms with Gasteiger partial charge in [0.1, 0.15) is 11.5 Å². The van der Waals surface area contributed by atoms with Crippen molar-refractivity contribution in [2.24, 2.45) is 56.7 Å². The number of hydrogen-bond acceptors (Lipinski definition) is 3. The number of carboxylic acids is 1. The van der Waals surface area contributed by atoms with E-state index in [1.54, 1.807) is 5.57 Å². The molecule has 0 aliphatic heterocycles. The first-order valence-electron chi connectivity index (χ1n) is 14.8. The summed E-state index contributed by atoms with van der Waals surface area (Å²) < 4.78 is 5.69. The van der Waals surface area contributed by atoms with E-state index in [1.807, 2.05) is 6.92 Å². The van der Waals surface area contributed by atoms with Crippen molar-refractivity contribution in [2.75, 3.05) is 0 Å². The number of allylic oxidation sites excluding steroid dienone is 2. The molecule has 36 heavy (non-hydrogen) atoms. The van der Waals surface area contributed by atoms with Gasteiger partial charge in [0.25, 0.3) is 0 Å². The summed E-state index contributed by atoms with van der Waals surface area (Å²) in [5, 5.41) is 10.5. The standard InChI is InChI=1S/C32H50O4/c1-19-11-14-28(4)17-18-30(6)22(26(28)20(19)2)9-10-23-29(5)15-13-25(36-21(3)33)32(8,27(34)35)24(29)12-16-31(23,30)7/h9,19-20,23-26H,10-18H2,1-8H3,(H,34,35)/t19-,20+,23+,24+,25+,26-,28+,29+,30+,31+,32+/m0/s1. The molecule has 4 nitrogen and oxygen atoms in total. The molecule has 0 spiro atoms. The maximum absolute atomic E-state index is 12.9. The molecular weight excluding hydrogens is 448 g/mol. The molecular formula is C32H50O4. The normalized spacial score (nSPS) is 54.2. The minimum absolute atomic E-state index is 0.0136. The Hall–Kier alpha value is -1.32. The van der Waals surface area contributed by atoms with Gasteiger partial charge in [0, 0.05) is 6.92 Å². The summed E-state index contributed by atoms with van der Waals surface area (Å²) in [6, 6.07) is 0. The van der Waals surface area contributed by atoms with Crippen LogP contribution in [0.25, 0.3) is 0 Å². The fourth-order valence-electron chi connectivity index (χ4n) is 11.2. The summed E-state index contributed by atoms with van der Waals surface area (Å²) >= 11 is 0. The number of hydrogen-bond donors (Lipinski definition) is 1. The van der Waals surface area contributed by atoms with E-state index in [2.05, 4.69) is 47.6 Å². The minimum Gasteiger partial charge on any atom is -0.481 e. The molecule has 5 aliphatic rings. The van der Waals surface area contributed by atoms with Crippen molar-refractivity contribution in [1.82, 2.24) is 0 Å². The van der Waals surface area contributed by atoms with Gasteiger partial charge in [-0.1, -0.05) is 53.2 Å². The Balaban J connectivity index is 1.57. The third-order valence-electron chi connectivity index (χ3n) is 13.8. The van der Waals surface area contributed by atoms with Crippen molar-refractivity contribution in [2.45, 2.75) is 119 Å². The topological polar surface area (TPSA) is 63.6 Å². The zero-order valence-corrected chi connectivity index (χ0v) is 24.1. The molecule has 4 saturated carbocycles. The molecule has 0 aromatic heterocycles. The van der Waals surface area contributed by atoms with Crippen LogP contribution in [0.5, 0.6) is 0 Å². The fourth-order valence-corrected chi connectivity index (χ4v) is 11.2. The highest BCUT2D eigenvalue weighted by Crippen LogP contribution is 2.75. The molecule has 0 unspecified atom stereocenters. The van der Waals surface area contributed by atoms with Crippen LogP contribution in [-0.4, -0.2) is 23.1 Å². The van der Waals surface area contributed by atoms with E-state index in [0.29, 0.717) is 23.7 Å². The molecule has 0 bridgehead atoms. The van der Waals surface area contributed by atoms with E-state index in [1.165, 1.54) is 32.6 Å². The van der Waals surface area contributed by atoms with Gasteiger partial charge < -0.3 is 9.84 Å². The molecule has 0 heterocycles. The highest BCUT2D eigenvalue weighted by Gasteiger charge is 2.70. The van der Waals surface area contributed by atoms with E-state index >= 15 is 0 Å². The predicted molar refractivity (Wildman–Crippen MR) is 142 cm³/mol. The molecule has 5 rings (SSSR count). The molecule has 0 aromatic carbocycles. The summed E-state index contributed by atoms with van der Waals surface area (Å²) in [4.78, 5) is 24.8. The second-order valence-electron chi connectivity index (χ2n) is 15.0. The molecule has 1 N–H and O–H groups in total. The van der Waals surface area contributed by atoms with Gasteiger partial charge >= 0.3 is 11.9 Å². The third kappa shape index (κ3) is 3.17. The number of ether oxygens (including phenoxy) is 1. The maximum atomic E-state index is 12.9. The summed E-state index contributed by atoms with van der Waals surface area (Å²) in [6.07, 6.45) is 12.0. The van der Waals surface area contributed by atoms with E-state index in [-0.39, 0.29) is 28.1 Å². The summed E-state index contributed by atoms with van der Waals surface area (Å²) in [7, 11) is 0. The molecule has 11 atom stereocenters. The van der Waals surface area contributed by atoms with Crippen LogP contribution in [0.3, 0.4) is 0 Å². The summed E-state index contributed by atoms with van der Waals surface area (Å²) in [5.74, 6) is 1.47. The van der Waals surface area contributed by atoms with Gasteiger partial charge in [-0.05, 0) is 116 Å². The molecule has 0 radical (unpaired) electrons. The first-order valence-corrected chi connectivity index (χ1v) is 14.8. The SMILES string of the molecule is CC(=O)O[C@@H]1CC[C@@]2(C)[C@@H](CC[C@]3(C)[C@@H]2CC=C2[C@@H]4[C@H](C)[C@@H](C)CC[C@]4(C)CC[C@]23C)[C@@]1(C)C(=O)O. The van der Waals surface area contributed by atoms with Crippen LogP contribution in [0.1, 0.15) is 113 Å². The molecule has 0 amide bonds. The van der Waals surface area contributed by atoms with Gasteiger partial charge in [-0.2, -0.15) is 0 Å². The fraction of sp³-hybridized carbons (Fsp3) is 0.875. The lowest BCUT2D eigenvalue weighted by molar-refractivity contribution is -0.223. The summed E-state index contributed by atoms with van der Waals surface area (Å²) in [6.45, 7) is 18.4. The summed E-state index contributed by atoms with van der Waals surface area (Å²) in [5.41, 5.74) is 1.40. The lowest BCUT2D eigenvalue weighted by Crippen LogP contribution is -2.66. The predicted octanol–water partition coefficient (Wildman–Crippen LogP) is 7.66. The van der Waals surface area contributed by atoms with Crippen LogP contribution in [0.15, 0.2) is 11.6 Å². The smallest absolute Gasteiger partial charge is 0.313 e. The largest absolute Gasteiger partial charge is 0.481 e. The number of aliphatic carboxylic acids is 1. The Labute approximate surface area is 219 Å². The van der Waals surface area contributed by atoms with Crippen LogP contribution in [-0.2, 0) is 14.3 Å². The van der Waals surface area contributed by atoms with Crippen LogP contribution in [0.4, 0.5) is 0 Å². The Morgan fingerprint density at radius 3 is 2.25 bits per heavy atom. The molecule has 202 valence electrons. The molecule has 4 heteroatoms. The van der Waals surface area contributed by atoms with Crippen molar-refractivity contribution in [3.8, 4) is 0 Å². The van der Waals surface area contributed by atoms with Crippen molar-refractivity contribution >= 4 is 11.9 Å². The Bertz CT molecular complexity index is 985. The van der Waals surface area contributed by atoms with Crippen molar-refractivity contribution in [1.29, 1.82) is 0 Å². The van der Waals surface area contributed by atoms with Gasteiger partial charge in [0.2, 0.25) is 0 Å². The lowest BCUT2D eigenvalue weighted by Gasteiger charge is -2.71.